The molecule has 1 unspecified atom stereocenters. The highest BCUT2D eigenvalue weighted by Crippen LogP contribution is 2.59. The Kier molecular flexibility index (Phi) is 3.81. The molecule has 118 valence electrons. The zero-order chi connectivity index (χ0) is 15.7. The Morgan fingerprint density at radius 3 is 2.73 bits per heavy atom. The van der Waals surface area contributed by atoms with E-state index in [2.05, 4.69) is 12.2 Å². The van der Waals surface area contributed by atoms with Gasteiger partial charge in [0.1, 0.15) is 12.0 Å². The average Bonchev–Trinajstić information content (AvgIpc) is 2.81. The molecule has 1 spiro atoms. The smallest absolute Gasteiger partial charge is 0.338 e. The second-order valence-corrected chi connectivity index (χ2v) is 6.70. The summed E-state index contributed by atoms with van der Waals surface area (Å²) in [5.74, 6) is -0.274. The summed E-state index contributed by atoms with van der Waals surface area (Å²) >= 11 is 0. The summed E-state index contributed by atoms with van der Waals surface area (Å²) in [6, 6.07) is 1.57. The fourth-order valence-electron chi connectivity index (χ4n) is 3.59. The second-order valence-electron chi connectivity index (χ2n) is 6.70. The van der Waals surface area contributed by atoms with E-state index in [9.17, 15) is 9.59 Å². The van der Waals surface area contributed by atoms with Crippen LogP contribution in [0.15, 0.2) is 22.8 Å². The van der Waals surface area contributed by atoms with Gasteiger partial charge in [0.2, 0.25) is 5.91 Å². The maximum absolute atomic E-state index is 11.9. The number of carboxylic acid groups (broad SMARTS) is 1. The third-order valence-corrected chi connectivity index (χ3v) is 5.15. The molecule has 0 saturated heterocycles. The first-order chi connectivity index (χ1) is 10.5. The predicted octanol–water partition coefficient (Wildman–Crippen LogP) is 3.08. The Morgan fingerprint density at radius 1 is 1.45 bits per heavy atom. The maximum atomic E-state index is 11.9. The number of rotatable bonds is 5. The van der Waals surface area contributed by atoms with E-state index in [1.807, 2.05) is 0 Å². The quantitative estimate of drug-likeness (QED) is 0.819. The Hall–Kier alpha value is -2.04. The Balaban J connectivity index is 1.47. The van der Waals surface area contributed by atoms with Crippen molar-refractivity contribution in [2.75, 3.05) is 0 Å². The fourth-order valence-corrected chi connectivity index (χ4v) is 3.59. The van der Waals surface area contributed by atoms with Crippen LogP contribution in [-0.2, 0) is 4.79 Å². The SMILES string of the molecule is CC(NC(=O)/C=C/c1cc(C(=O)O)co1)C1CC2(CCC2)C1. The molecular formula is C17H21NO4. The van der Waals surface area contributed by atoms with Gasteiger partial charge in [0.05, 0.1) is 5.56 Å². The summed E-state index contributed by atoms with van der Waals surface area (Å²) in [5, 5.41) is 11.8. The second kappa shape index (κ2) is 5.63. The molecule has 1 amide bonds. The van der Waals surface area contributed by atoms with Crippen LogP contribution in [0, 0.1) is 11.3 Å². The van der Waals surface area contributed by atoms with Crippen molar-refractivity contribution >= 4 is 18.0 Å². The Bertz CT molecular complexity index is 604. The summed E-state index contributed by atoms with van der Waals surface area (Å²) in [4.78, 5) is 22.6. The van der Waals surface area contributed by atoms with Crippen molar-refractivity contribution in [1.82, 2.24) is 5.32 Å². The van der Waals surface area contributed by atoms with Crippen molar-refractivity contribution in [2.45, 2.75) is 45.1 Å². The fraction of sp³-hybridized carbons (Fsp3) is 0.529. The van der Waals surface area contributed by atoms with Crippen LogP contribution in [0.3, 0.4) is 0 Å². The van der Waals surface area contributed by atoms with Crippen molar-refractivity contribution in [3.63, 3.8) is 0 Å². The molecule has 2 N–H and O–H groups in total. The van der Waals surface area contributed by atoms with Crippen LogP contribution >= 0.6 is 0 Å². The summed E-state index contributed by atoms with van der Waals surface area (Å²) in [7, 11) is 0. The van der Waals surface area contributed by atoms with Crippen molar-refractivity contribution in [3.8, 4) is 0 Å². The van der Waals surface area contributed by atoms with E-state index in [1.54, 1.807) is 0 Å². The minimum Gasteiger partial charge on any atom is -0.478 e. The van der Waals surface area contributed by atoms with Crippen molar-refractivity contribution < 1.29 is 19.1 Å². The number of carbonyl (C=O) groups is 2. The van der Waals surface area contributed by atoms with Gasteiger partial charge in [0.15, 0.2) is 0 Å². The summed E-state index contributed by atoms with van der Waals surface area (Å²) < 4.78 is 5.06. The highest BCUT2D eigenvalue weighted by molar-refractivity contribution is 5.92. The van der Waals surface area contributed by atoms with E-state index in [0.29, 0.717) is 17.1 Å². The van der Waals surface area contributed by atoms with Gasteiger partial charge in [-0.05, 0) is 56.1 Å². The van der Waals surface area contributed by atoms with E-state index in [4.69, 9.17) is 9.52 Å². The monoisotopic (exact) mass is 303 g/mol. The molecule has 2 aliphatic carbocycles. The molecule has 2 aliphatic rings. The van der Waals surface area contributed by atoms with Crippen LogP contribution in [0.25, 0.3) is 6.08 Å². The molecule has 3 rings (SSSR count). The number of hydrogen-bond donors (Lipinski definition) is 2. The van der Waals surface area contributed by atoms with Crippen LogP contribution < -0.4 is 5.32 Å². The van der Waals surface area contributed by atoms with Gasteiger partial charge in [0, 0.05) is 12.1 Å². The van der Waals surface area contributed by atoms with Gasteiger partial charge >= 0.3 is 5.97 Å². The standard InChI is InChI=1S/C17H21NO4/c1-11(13-8-17(9-13)5-2-6-17)18-15(19)4-3-14-7-12(10-22-14)16(20)21/h3-4,7,10-11,13H,2,5-6,8-9H2,1H3,(H,18,19)(H,20,21)/b4-3+. The van der Waals surface area contributed by atoms with Crippen LogP contribution in [0.4, 0.5) is 0 Å². The molecule has 22 heavy (non-hydrogen) atoms. The van der Waals surface area contributed by atoms with Gasteiger partial charge in [-0.2, -0.15) is 0 Å². The molecule has 1 heterocycles. The molecule has 0 aromatic carbocycles. The molecular weight excluding hydrogens is 282 g/mol. The Labute approximate surface area is 129 Å². The lowest BCUT2D eigenvalue weighted by Crippen LogP contribution is -2.50. The molecule has 0 aliphatic heterocycles. The van der Waals surface area contributed by atoms with Gasteiger partial charge in [-0.1, -0.05) is 6.42 Å². The topological polar surface area (TPSA) is 79.5 Å². The minimum absolute atomic E-state index is 0.0775. The van der Waals surface area contributed by atoms with Gasteiger partial charge in [-0.15, -0.1) is 0 Å². The number of carboxylic acids is 1. The van der Waals surface area contributed by atoms with Gasteiger partial charge in [-0.3, -0.25) is 4.79 Å². The van der Waals surface area contributed by atoms with E-state index in [-0.39, 0.29) is 17.5 Å². The van der Waals surface area contributed by atoms with Gasteiger partial charge < -0.3 is 14.8 Å². The van der Waals surface area contributed by atoms with E-state index >= 15 is 0 Å². The number of aromatic carboxylic acids is 1. The zero-order valence-corrected chi connectivity index (χ0v) is 12.7. The van der Waals surface area contributed by atoms with Crippen LogP contribution in [-0.4, -0.2) is 23.0 Å². The summed E-state index contributed by atoms with van der Waals surface area (Å²) in [6.45, 7) is 2.05. The molecule has 0 radical (unpaired) electrons. The third-order valence-electron chi connectivity index (χ3n) is 5.15. The molecule has 1 atom stereocenters. The third kappa shape index (κ3) is 2.93. The molecule has 1 aromatic rings. The predicted molar refractivity (Wildman–Crippen MR) is 81.3 cm³/mol. The number of nitrogens with one attached hydrogen (secondary N) is 1. The van der Waals surface area contributed by atoms with Crippen molar-refractivity contribution in [2.24, 2.45) is 11.3 Å². The number of furan rings is 1. The minimum atomic E-state index is -1.05. The average molecular weight is 303 g/mol. The highest BCUT2D eigenvalue weighted by atomic mass is 16.4. The largest absolute Gasteiger partial charge is 0.478 e. The van der Waals surface area contributed by atoms with Crippen molar-refractivity contribution in [1.29, 1.82) is 0 Å². The Morgan fingerprint density at radius 2 is 2.18 bits per heavy atom. The summed E-state index contributed by atoms with van der Waals surface area (Å²) in [5.41, 5.74) is 0.689. The molecule has 5 heteroatoms. The normalized spacial score (nSPS) is 21.3. The lowest BCUT2D eigenvalue weighted by molar-refractivity contribution is -0.118. The zero-order valence-electron chi connectivity index (χ0n) is 12.7. The molecule has 0 bridgehead atoms. The van der Waals surface area contributed by atoms with E-state index in [1.165, 1.54) is 50.3 Å². The highest BCUT2D eigenvalue weighted by Gasteiger charge is 2.49. The van der Waals surface area contributed by atoms with Gasteiger partial charge in [-0.25, -0.2) is 4.79 Å². The van der Waals surface area contributed by atoms with Crippen molar-refractivity contribution in [3.05, 3.63) is 29.7 Å². The molecule has 2 fully saturated rings. The molecule has 1 aromatic heterocycles. The summed E-state index contributed by atoms with van der Waals surface area (Å²) in [6.07, 6.45) is 10.6. The number of hydrogen-bond acceptors (Lipinski definition) is 3. The number of carbonyl (C=O) groups excluding carboxylic acids is 1. The van der Waals surface area contributed by atoms with Gasteiger partial charge in [0.25, 0.3) is 0 Å². The lowest BCUT2D eigenvalue weighted by atomic mass is 9.50. The van der Waals surface area contributed by atoms with Crippen LogP contribution in [0.2, 0.25) is 0 Å². The van der Waals surface area contributed by atoms with Crippen LogP contribution in [0.5, 0.6) is 0 Å². The van der Waals surface area contributed by atoms with E-state index < -0.39 is 5.97 Å². The van der Waals surface area contributed by atoms with Crippen LogP contribution in [0.1, 0.15) is 55.1 Å². The first kappa shape index (κ1) is 14.9. The first-order valence-electron chi connectivity index (χ1n) is 7.78. The lowest BCUT2D eigenvalue weighted by Gasteiger charge is -2.56. The molecule has 5 nitrogen and oxygen atoms in total. The van der Waals surface area contributed by atoms with E-state index in [0.717, 1.165) is 6.26 Å². The number of amides is 1. The molecule has 2 saturated carbocycles. The first-order valence-corrected chi connectivity index (χ1v) is 7.78. The maximum Gasteiger partial charge on any atom is 0.338 e.